The summed E-state index contributed by atoms with van der Waals surface area (Å²) in [6.45, 7) is 6.54. The van der Waals surface area contributed by atoms with E-state index in [4.69, 9.17) is 0 Å². The lowest BCUT2D eigenvalue weighted by molar-refractivity contribution is -0.122. The number of carbonyl (C=O) groups is 1. The van der Waals surface area contributed by atoms with E-state index >= 15 is 0 Å². The van der Waals surface area contributed by atoms with Crippen LogP contribution < -0.4 is 10.6 Å². The molecule has 2 heterocycles. The number of carbonyl (C=O) groups excluding carboxylic acids is 1. The molecule has 2 N–H and O–H groups in total. The lowest BCUT2D eigenvalue weighted by Gasteiger charge is -2.27. The second-order valence-corrected chi connectivity index (χ2v) is 6.33. The third-order valence-electron chi connectivity index (χ3n) is 3.68. The van der Waals surface area contributed by atoms with E-state index in [0.29, 0.717) is 12.6 Å². The van der Waals surface area contributed by atoms with E-state index in [2.05, 4.69) is 40.0 Å². The van der Waals surface area contributed by atoms with Crippen LogP contribution in [0.4, 0.5) is 0 Å². The molecule has 1 aliphatic heterocycles. The maximum Gasteiger partial charge on any atom is 0.234 e. The van der Waals surface area contributed by atoms with Gasteiger partial charge >= 0.3 is 0 Å². The number of hydrogen-bond donors (Lipinski definition) is 2. The summed E-state index contributed by atoms with van der Waals surface area (Å²) in [7, 11) is 0. The summed E-state index contributed by atoms with van der Waals surface area (Å²) in [5.41, 5.74) is 0. The van der Waals surface area contributed by atoms with E-state index in [-0.39, 0.29) is 5.91 Å². The molecule has 1 fully saturated rings. The fourth-order valence-electron chi connectivity index (χ4n) is 2.65. The Morgan fingerprint density at radius 1 is 1.60 bits per heavy atom. The van der Waals surface area contributed by atoms with E-state index in [9.17, 15) is 4.79 Å². The molecule has 0 aromatic carbocycles. The molecule has 0 aliphatic carbocycles. The summed E-state index contributed by atoms with van der Waals surface area (Å²) in [4.78, 5) is 15.7. The second kappa shape index (κ2) is 8.39. The zero-order chi connectivity index (χ0) is 14.2. The Morgan fingerprint density at radius 3 is 3.15 bits per heavy atom. The average Bonchev–Trinajstić information content (AvgIpc) is 3.11. The first-order valence-electron chi connectivity index (χ1n) is 7.53. The number of hydrogen-bond acceptors (Lipinski definition) is 4. The minimum atomic E-state index is 0.155. The molecule has 0 radical (unpaired) electrons. The van der Waals surface area contributed by atoms with Crippen LogP contribution in [0.25, 0.3) is 0 Å². The van der Waals surface area contributed by atoms with Gasteiger partial charge in [0.05, 0.1) is 6.54 Å². The molecule has 0 saturated carbocycles. The first-order valence-corrected chi connectivity index (χ1v) is 8.41. The molecule has 1 aromatic rings. The van der Waals surface area contributed by atoms with Crippen molar-refractivity contribution in [3.8, 4) is 0 Å². The summed E-state index contributed by atoms with van der Waals surface area (Å²) in [6.07, 6.45) is 3.18. The molecule has 20 heavy (non-hydrogen) atoms. The minimum absolute atomic E-state index is 0.155. The minimum Gasteiger partial charge on any atom is -0.355 e. The van der Waals surface area contributed by atoms with Gasteiger partial charge < -0.3 is 10.6 Å². The van der Waals surface area contributed by atoms with Crippen molar-refractivity contribution in [2.45, 2.75) is 32.2 Å². The van der Waals surface area contributed by atoms with Gasteiger partial charge in [-0.1, -0.05) is 13.0 Å². The molecule has 4 nitrogen and oxygen atoms in total. The van der Waals surface area contributed by atoms with Gasteiger partial charge in [0.2, 0.25) is 5.91 Å². The average molecular weight is 295 g/mol. The monoisotopic (exact) mass is 295 g/mol. The van der Waals surface area contributed by atoms with Crippen LogP contribution in [0.2, 0.25) is 0 Å². The van der Waals surface area contributed by atoms with Crippen molar-refractivity contribution in [1.29, 1.82) is 0 Å². The van der Waals surface area contributed by atoms with E-state index in [1.165, 1.54) is 4.88 Å². The van der Waals surface area contributed by atoms with Gasteiger partial charge in [0.15, 0.2) is 0 Å². The van der Waals surface area contributed by atoms with Crippen LogP contribution in [0.1, 0.15) is 24.6 Å². The van der Waals surface area contributed by atoms with Gasteiger partial charge in [-0.3, -0.25) is 9.69 Å². The standard InChI is InChI=1S/C15H25N3OS/c1-2-9-18(13-5-7-16-11-13)12-15(19)17-8-6-14-4-3-10-20-14/h3-4,10,13,16H,2,5-9,11-12H2,1H3,(H,17,19). The Kier molecular flexibility index (Phi) is 6.50. The number of nitrogens with one attached hydrogen (secondary N) is 2. The smallest absolute Gasteiger partial charge is 0.234 e. The first-order chi connectivity index (χ1) is 9.79. The lowest BCUT2D eigenvalue weighted by Crippen LogP contribution is -2.44. The highest BCUT2D eigenvalue weighted by Crippen LogP contribution is 2.09. The molecule has 1 saturated heterocycles. The van der Waals surface area contributed by atoms with E-state index < -0.39 is 0 Å². The van der Waals surface area contributed by atoms with Crippen molar-refractivity contribution in [1.82, 2.24) is 15.5 Å². The Labute approximate surface area is 125 Å². The largest absolute Gasteiger partial charge is 0.355 e. The summed E-state index contributed by atoms with van der Waals surface area (Å²) in [5.74, 6) is 0.155. The van der Waals surface area contributed by atoms with Crippen LogP contribution in [0.5, 0.6) is 0 Å². The van der Waals surface area contributed by atoms with Gasteiger partial charge in [0.1, 0.15) is 0 Å². The van der Waals surface area contributed by atoms with Gasteiger partial charge in [-0.2, -0.15) is 0 Å². The summed E-state index contributed by atoms with van der Waals surface area (Å²) < 4.78 is 0. The molecular weight excluding hydrogens is 270 g/mol. The van der Waals surface area contributed by atoms with Crippen molar-refractivity contribution in [3.05, 3.63) is 22.4 Å². The topological polar surface area (TPSA) is 44.4 Å². The van der Waals surface area contributed by atoms with Crippen LogP contribution >= 0.6 is 11.3 Å². The van der Waals surface area contributed by atoms with E-state index in [0.717, 1.165) is 45.4 Å². The van der Waals surface area contributed by atoms with Crippen molar-refractivity contribution in [2.75, 3.05) is 32.7 Å². The summed E-state index contributed by atoms with van der Waals surface area (Å²) >= 11 is 1.75. The highest BCUT2D eigenvalue weighted by atomic mass is 32.1. The highest BCUT2D eigenvalue weighted by Gasteiger charge is 2.23. The quantitative estimate of drug-likeness (QED) is 0.763. The molecule has 112 valence electrons. The Morgan fingerprint density at radius 2 is 2.50 bits per heavy atom. The van der Waals surface area contributed by atoms with E-state index in [1.807, 2.05) is 0 Å². The zero-order valence-corrected chi connectivity index (χ0v) is 13.0. The van der Waals surface area contributed by atoms with Crippen molar-refractivity contribution in [3.63, 3.8) is 0 Å². The summed E-state index contributed by atoms with van der Waals surface area (Å²) in [6, 6.07) is 4.69. The Bertz CT molecular complexity index is 388. The van der Waals surface area contributed by atoms with Crippen LogP contribution in [0.15, 0.2) is 17.5 Å². The molecule has 1 aromatic heterocycles. The van der Waals surface area contributed by atoms with Gasteiger partial charge in [-0.05, 0) is 43.8 Å². The predicted octanol–water partition coefficient (Wildman–Crippen LogP) is 1.48. The first kappa shape index (κ1) is 15.5. The van der Waals surface area contributed by atoms with Crippen molar-refractivity contribution >= 4 is 17.2 Å². The Balaban J connectivity index is 1.70. The third kappa shape index (κ3) is 4.89. The lowest BCUT2D eigenvalue weighted by atomic mass is 10.2. The normalized spacial score (nSPS) is 18.6. The Hall–Kier alpha value is -0.910. The van der Waals surface area contributed by atoms with Crippen LogP contribution in [0.3, 0.4) is 0 Å². The number of amides is 1. The van der Waals surface area contributed by atoms with Gasteiger partial charge in [-0.15, -0.1) is 11.3 Å². The molecule has 1 atom stereocenters. The predicted molar refractivity (Wildman–Crippen MR) is 84.2 cm³/mol. The van der Waals surface area contributed by atoms with Crippen LogP contribution in [0, 0.1) is 0 Å². The number of nitrogens with zero attached hydrogens (tertiary/aromatic N) is 1. The fraction of sp³-hybridized carbons (Fsp3) is 0.667. The van der Waals surface area contributed by atoms with Gasteiger partial charge in [0.25, 0.3) is 0 Å². The number of thiophene rings is 1. The SMILES string of the molecule is CCCN(CC(=O)NCCc1cccs1)C1CCNC1. The summed E-state index contributed by atoms with van der Waals surface area (Å²) in [5, 5.41) is 8.49. The van der Waals surface area contributed by atoms with Crippen LogP contribution in [-0.2, 0) is 11.2 Å². The van der Waals surface area contributed by atoms with Crippen LogP contribution in [-0.4, -0.2) is 49.6 Å². The molecular formula is C15H25N3OS. The maximum absolute atomic E-state index is 12.0. The fourth-order valence-corrected chi connectivity index (χ4v) is 3.36. The molecule has 0 spiro atoms. The molecule has 1 amide bonds. The number of rotatable bonds is 8. The molecule has 1 unspecified atom stereocenters. The molecule has 2 rings (SSSR count). The van der Waals surface area contributed by atoms with Gasteiger partial charge in [-0.25, -0.2) is 0 Å². The maximum atomic E-state index is 12.0. The van der Waals surface area contributed by atoms with Crippen molar-refractivity contribution in [2.24, 2.45) is 0 Å². The van der Waals surface area contributed by atoms with E-state index in [1.54, 1.807) is 11.3 Å². The van der Waals surface area contributed by atoms with Crippen molar-refractivity contribution < 1.29 is 4.79 Å². The van der Waals surface area contributed by atoms with Gasteiger partial charge in [0, 0.05) is 24.0 Å². The third-order valence-corrected chi connectivity index (χ3v) is 4.62. The highest BCUT2D eigenvalue weighted by molar-refractivity contribution is 7.09. The zero-order valence-electron chi connectivity index (χ0n) is 12.2. The molecule has 0 bridgehead atoms. The molecule has 5 heteroatoms. The molecule has 1 aliphatic rings. The second-order valence-electron chi connectivity index (χ2n) is 5.30.